The molecule has 3 rings (SSSR count). The van der Waals surface area contributed by atoms with Crippen LogP contribution in [0, 0.1) is 0 Å². The number of ether oxygens (including phenoxy) is 1. The van der Waals surface area contributed by atoms with Gasteiger partial charge >= 0.3 is 0 Å². The lowest BCUT2D eigenvalue weighted by Gasteiger charge is -2.12. The van der Waals surface area contributed by atoms with E-state index in [1.165, 1.54) is 0 Å². The molecule has 0 aliphatic rings. The zero-order valence-electron chi connectivity index (χ0n) is 12.5. The van der Waals surface area contributed by atoms with E-state index >= 15 is 0 Å². The lowest BCUT2D eigenvalue weighted by molar-refractivity contribution is -0.118. The van der Waals surface area contributed by atoms with Gasteiger partial charge < -0.3 is 10.1 Å². The van der Waals surface area contributed by atoms with Gasteiger partial charge in [-0.2, -0.15) is 0 Å². The average molecular weight is 594 g/mol. The Morgan fingerprint density at radius 1 is 1.04 bits per heavy atom. The Kier molecular flexibility index (Phi) is 6.14. The van der Waals surface area contributed by atoms with Gasteiger partial charge in [-0.3, -0.25) is 9.78 Å². The van der Waals surface area contributed by atoms with Crippen molar-refractivity contribution in [3.8, 4) is 5.75 Å². The summed E-state index contributed by atoms with van der Waals surface area (Å²) in [6, 6.07) is 11.2. The summed E-state index contributed by atoms with van der Waals surface area (Å²) in [4.78, 5) is 16.6. The normalized spacial score (nSPS) is 10.7. The molecule has 3 aromatic rings. The zero-order chi connectivity index (χ0) is 18.0. The first kappa shape index (κ1) is 18.8. The molecule has 128 valence electrons. The number of benzene rings is 2. The van der Waals surface area contributed by atoms with Crippen LogP contribution in [-0.4, -0.2) is 17.5 Å². The van der Waals surface area contributed by atoms with Crippen molar-refractivity contribution in [1.82, 2.24) is 4.98 Å². The maximum Gasteiger partial charge on any atom is 0.262 e. The number of nitrogens with zero attached hydrogens (tertiary/aromatic N) is 1. The smallest absolute Gasteiger partial charge is 0.262 e. The Bertz CT molecular complexity index is 963. The van der Waals surface area contributed by atoms with E-state index in [-0.39, 0.29) is 12.5 Å². The fourth-order valence-electron chi connectivity index (χ4n) is 2.20. The maximum absolute atomic E-state index is 12.2. The molecule has 0 aliphatic carbocycles. The van der Waals surface area contributed by atoms with Crippen LogP contribution in [0.2, 0.25) is 0 Å². The predicted molar refractivity (Wildman–Crippen MR) is 113 cm³/mol. The molecule has 1 amide bonds. The SMILES string of the molecule is O=C(COc1c(Br)cc(Br)c2cccnc12)Nc1ccc(Br)cc1Br. The number of hydrogen-bond acceptors (Lipinski definition) is 3. The summed E-state index contributed by atoms with van der Waals surface area (Å²) in [5.74, 6) is 0.269. The van der Waals surface area contributed by atoms with Gasteiger partial charge in [0.15, 0.2) is 12.4 Å². The first-order valence-corrected chi connectivity index (χ1v) is 10.2. The van der Waals surface area contributed by atoms with Gasteiger partial charge in [-0.25, -0.2) is 0 Å². The van der Waals surface area contributed by atoms with E-state index in [2.05, 4.69) is 74.0 Å². The number of hydrogen-bond donors (Lipinski definition) is 1. The van der Waals surface area contributed by atoms with E-state index in [9.17, 15) is 4.79 Å². The average Bonchev–Trinajstić information content (AvgIpc) is 2.57. The Hall–Kier alpha value is -0.960. The molecule has 0 atom stereocenters. The van der Waals surface area contributed by atoms with Crippen LogP contribution >= 0.6 is 63.7 Å². The summed E-state index contributed by atoms with van der Waals surface area (Å²) < 4.78 is 9.07. The maximum atomic E-state index is 12.2. The number of amides is 1. The van der Waals surface area contributed by atoms with Crippen molar-refractivity contribution >= 4 is 86.2 Å². The zero-order valence-corrected chi connectivity index (χ0v) is 18.9. The number of carbonyl (C=O) groups is 1. The molecule has 1 N–H and O–H groups in total. The van der Waals surface area contributed by atoms with Gasteiger partial charge in [0.25, 0.3) is 5.91 Å². The first-order chi connectivity index (χ1) is 12.0. The highest BCUT2D eigenvalue weighted by atomic mass is 79.9. The third kappa shape index (κ3) is 4.42. The topological polar surface area (TPSA) is 51.2 Å². The number of fused-ring (bicyclic) bond motifs is 1. The van der Waals surface area contributed by atoms with E-state index in [1.54, 1.807) is 12.3 Å². The van der Waals surface area contributed by atoms with Crippen LogP contribution in [-0.2, 0) is 4.79 Å². The number of nitrogens with one attached hydrogen (secondary N) is 1. The molecule has 0 aliphatic heterocycles. The molecular formula is C17H10Br4N2O2. The Labute approximate surface area is 177 Å². The second kappa shape index (κ2) is 8.16. The Balaban J connectivity index is 1.77. The lowest BCUT2D eigenvalue weighted by atomic mass is 10.2. The predicted octanol–water partition coefficient (Wildman–Crippen LogP) is 6.30. The Morgan fingerprint density at radius 2 is 1.84 bits per heavy atom. The van der Waals surface area contributed by atoms with Crippen molar-refractivity contribution in [1.29, 1.82) is 0 Å². The first-order valence-electron chi connectivity index (χ1n) is 7.06. The largest absolute Gasteiger partial charge is 0.480 e. The van der Waals surface area contributed by atoms with Gasteiger partial charge in [0, 0.05) is 25.0 Å². The van der Waals surface area contributed by atoms with E-state index in [0.29, 0.717) is 17.0 Å². The molecule has 0 spiro atoms. The van der Waals surface area contributed by atoms with Crippen LogP contribution in [0.25, 0.3) is 10.9 Å². The summed E-state index contributed by atoms with van der Waals surface area (Å²) in [5, 5.41) is 3.72. The van der Waals surface area contributed by atoms with E-state index < -0.39 is 0 Å². The minimum atomic E-state index is -0.262. The highest BCUT2D eigenvalue weighted by molar-refractivity contribution is 9.11. The fraction of sp³-hybridized carbons (Fsp3) is 0.0588. The van der Waals surface area contributed by atoms with Crippen LogP contribution in [0.3, 0.4) is 0 Å². The van der Waals surface area contributed by atoms with Crippen molar-refractivity contribution in [2.75, 3.05) is 11.9 Å². The van der Waals surface area contributed by atoms with Crippen LogP contribution in [0.1, 0.15) is 0 Å². The van der Waals surface area contributed by atoms with Gasteiger partial charge in [0.1, 0.15) is 5.52 Å². The summed E-state index contributed by atoms with van der Waals surface area (Å²) >= 11 is 13.8. The quantitative estimate of drug-likeness (QED) is 0.386. The van der Waals surface area contributed by atoms with Crippen LogP contribution in [0.5, 0.6) is 5.75 Å². The number of anilines is 1. The molecular weight excluding hydrogens is 584 g/mol. The third-order valence-corrected chi connectivity index (χ3v) is 5.70. The molecule has 2 aromatic carbocycles. The van der Waals surface area contributed by atoms with Gasteiger partial charge in [0.2, 0.25) is 0 Å². The number of halogens is 4. The minimum absolute atomic E-state index is 0.131. The molecule has 0 saturated heterocycles. The molecule has 25 heavy (non-hydrogen) atoms. The standard InChI is InChI=1S/C17H10Br4N2O2/c18-9-3-4-14(12(20)6-9)23-15(24)8-25-17-13(21)7-11(19)10-2-1-5-22-16(10)17/h1-7H,8H2,(H,23,24). The molecule has 0 saturated carbocycles. The monoisotopic (exact) mass is 590 g/mol. The van der Waals surface area contributed by atoms with Gasteiger partial charge in [0.05, 0.1) is 10.2 Å². The second-order valence-corrected chi connectivity index (χ2v) is 8.51. The van der Waals surface area contributed by atoms with E-state index in [1.807, 2.05) is 30.3 Å². The summed E-state index contributed by atoms with van der Waals surface area (Å²) in [6.07, 6.45) is 1.69. The molecule has 1 heterocycles. The van der Waals surface area contributed by atoms with Crippen LogP contribution in [0.15, 0.2) is 60.5 Å². The van der Waals surface area contributed by atoms with Crippen LogP contribution in [0.4, 0.5) is 5.69 Å². The Morgan fingerprint density at radius 3 is 2.60 bits per heavy atom. The van der Waals surface area contributed by atoms with E-state index in [0.717, 1.165) is 23.3 Å². The molecule has 0 radical (unpaired) electrons. The molecule has 0 bridgehead atoms. The molecule has 0 unspecified atom stereocenters. The van der Waals surface area contributed by atoms with Gasteiger partial charge in [-0.1, -0.05) is 37.9 Å². The molecule has 0 fully saturated rings. The highest BCUT2D eigenvalue weighted by Crippen LogP contribution is 2.37. The number of aromatic nitrogens is 1. The minimum Gasteiger partial charge on any atom is -0.480 e. The van der Waals surface area contributed by atoms with Gasteiger partial charge in [-0.15, -0.1) is 0 Å². The van der Waals surface area contributed by atoms with Crippen molar-refractivity contribution in [2.45, 2.75) is 0 Å². The summed E-state index contributed by atoms with van der Waals surface area (Å²) in [6.45, 7) is -0.131. The number of rotatable bonds is 4. The van der Waals surface area contributed by atoms with Crippen molar-refractivity contribution in [3.05, 3.63) is 60.5 Å². The van der Waals surface area contributed by atoms with Crippen molar-refractivity contribution in [2.24, 2.45) is 0 Å². The summed E-state index contributed by atoms with van der Waals surface area (Å²) in [5.41, 5.74) is 1.36. The highest BCUT2D eigenvalue weighted by Gasteiger charge is 2.14. The van der Waals surface area contributed by atoms with Crippen molar-refractivity contribution < 1.29 is 9.53 Å². The number of pyridine rings is 1. The number of carbonyl (C=O) groups excluding carboxylic acids is 1. The van der Waals surface area contributed by atoms with E-state index in [4.69, 9.17) is 4.74 Å². The van der Waals surface area contributed by atoms with Crippen LogP contribution < -0.4 is 10.1 Å². The molecule has 8 heteroatoms. The lowest BCUT2D eigenvalue weighted by Crippen LogP contribution is -2.20. The summed E-state index contributed by atoms with van der Waals surface area (Å²) in [7, 11) is 0. The molecule has 1 aromatic heterocycles. The third-order valence-electron chi connectivity index (χ3n) is 3.30. The molecule has 4 nitrogen and oxygen atoms in total. The van der Waals surface area contributed by atoms with Gasteiger partial charge in [-0.05, 0) is 62.2 Å². The van der Waals surface area contributed by atoms with Crippen molar-refractivity contribution in [3.63, 3.8) is 0 Å². The fourth-order valence-corrected chi connectivity index (χ4v) is 4.73. The second-order valence-electron chi connectivity index (χ2n) is 5.03.